The number of rotatable bonds is 19. The Hall–Kier alpha value is -4.53. The Morgan fingerprint density at radius 1 is 0.926 bits per heavy atom. The van der Waals surface area contributed by atoms with Gasteiger partial charge < -0.3 is 34.7 Å². The molecular formula is C40H49F3N2O9. The lowest BCUT2D eigenvalue weighted by atomic mass is 9.91. The summed E-state index contributed by atoms with van der Waals surface area (Å²) in [6.45, 7) is 2.52. The molecule has 1 heterocycles. The predicted octanol–water partition coefficient (Wildman–Crippen LogP) is 6.34. The highest BCUT2D eigenvalue weighted by molar-refractivity contribution is 5.95. The topological polar surface area (TPSA) is 149 Å². The number of hydrogen-bond acceptors (Lipinski definition) is 9. The molecule has 11 nitrogen and oxygen atoms in total. The van der Waals surface area contributed by atoms with Crippen LogP contribution >= 0.6 is 0 Å². The number of benzene rings is 2. The second kappa shape index (κ2) is 20.2. The van der Waals surface area contributed by atoms with Gasteiger partial charge in [0.2, 0.25) is 5.91 Å². The molecule has 14 heteroatoms. The fourth-order valence-corrected chi connectivity index (χ4v) is 6.33. The molecule has 1 aliphatic heterocycles. The van der Waals surface area contributed by atoms with Crippen molar-refractivity contribution in [1.82, 2.24) is 10.6 Å². The second-order valence-electron chi connectivity index (χ2n) is 13.4. The molecule has 0 radical (unpaired) electrons. The van der Waals surface area contributed by atoms with Gasteiger partial charge in [0, 0.05) is 49.6 Å². The van der Waals surface area contributed by atoms with Gasteiger partial charge in [-0.1, -0.05) is 63.8 Å². The summed E-state index contributed by atoms with van der Waals surface area (Å²) < 4.78 is 60.8. The van der Waals surface area contributed by atoms with Crippen molar-refractivity contribution in [2.45, 2.75) is 108 Å². The molecule has 0 bridgehead atoms. The zero-order valence-corrected chi connectivity index (χ0v) is 30.6. The predicted molar refractivity (Wildman–Crippen MR) is 193 cm³/mol. The number of nitrogens with one attached hydrogen (secondary N) is 2. The number of carbonyl (C=O) groups is 4. The average Bonchev–Trinajstić information content (AvgIpc) is 3.53. The van der Waals surface area contributed by atoms with Crippen LogP contribution in [0.15, 0.2) is 66.3 Å². The Labute approximate surface area is 313 Å². The van der Waals surface area contributed by atoms with E-state index < -0.39 is 54.7 Å². The van der Waals surface area contributed by atoms with Crippen LogP contribution < -0.4 is 10.6 Å². The van der Waals surface area contributed by atoms with Crippen LogP contribution in [0.25, 0.3) is 6.08 Å². The summed E-state index contributed by atoms with van der Waals surface area (Å²) in [5, 5.41) is 14.5. The van der Waals surface area contributed by atoms with E-state index in [0.717, 1.165) is 44.6 Å². The summed E-state index contributed by atoms with van der Waals surface area (Å²) in [5.74, 6) is -3.61. The summed E-state index contributed by atoms with van der Waals surface area (Å²) in [5.41, 5.74) is 1.84. The standard InChI is InChI=1S/C40H49F3N2O9/c1-3-5-7-17-39(18-8-6-4-2)53-33-24-31(37(49)45-25-28-12-10-13-29(22-28)36(48)44-19-20-46)23-32(35(33)54-39)52-38(50)30-14-9-11-27(21-30)15-16-34(47)51-26-40(41,42)43/h9-16,21-22,24,32-33,35,46H,3-8,17-20,23,25-26H2,1-2H3,(H,44,48)(H,45,49). The van der Waals surface area contributed by atoms with Gasteiger partial charge in [0.15, 0.2) is 12.4 Å². The Balaban J connectivity index is 1.53. The zero-order chi connectivity index (χ0) is 39.1. The molecule has 4 rings (SSSR count). The maximum absolute atomic E-state index is 13.6. The molecule has 2 amide bonds. The van der Waals surface area contributed by atoms with Crippen molar-refractivity contribution < 1.29 is 56.4 Å². The fraction of sp³-hybridized carbons (Fsp3) is 0.500. The first-order chi connectivity index (χ1) is 25.8. The lowest BCUT2D eigenvalue weighted by Gasteiger charge is -2.31. The summed E-state index contributed by atoms with van der Waals surface area (Å²) in [7, 11) is 0. The van der Waals surface area contributed by atoms with Gasteiger partial charge in [-0.2, -0.15) is 13.2 Å². The van der Waals surface area contributed by atoms with Crippen molar-refractivity contribution in [2.75, 3.05) is 19.8 Å². The van der Waals surface area contributed by atoms with Crippen LogP contribution in [0.1, 0.15) is 103 Å². The van der Waals surface area contributed by atoms with Gasteiger partial charge in [-0.05, 0) is 60.4 Å². The average molecular weight is 759 g/mol. The van der Waals surface area contributed by atoms with Crippen LogP contribution in [0, 0.1) is 0 Å². The molecular weight excluding hydrogens is 709 g/mol. The maximum Gasteiger partial charge on any atom is 0.422 e. The van der Waals surface area contributed by atoms with Crippen molar-refractivity contribution in [3.63, 3.8) is 0 Å². The number of esters is 2. The summed E-state index contributed by atoms with van der Waals surface area (Å²) in [6.07, 6.45) is 3.82. The lowest BCUT2D eigenvalue weighted by molar-refractivity contribution is -0.190. The second-order valence-corrected chi connectivity index (χ2v) is 13.4. The van der Waals surface area contributed by atoms with E-state index in [1.165, 1.54) is 24.3 Å². The first-order valence-electron chi connectivity index (χ1n) is 18.4. The number of ether oxygens (including phenoxy) is 4. The van der Waals surface area contributed by atoms with E-state index in [0.29, 0.717) is 35.1 Å². The Morgan fingerprint density at radius 2 is 1.63 bits per heavy atom. The zero-order valence-electron chi connectivity index (χ0n) is 30.6. The minimum atomic E-state index is -4.66. The minimum absolute atomic E-state index is 0.0242. The van der Waals surface area contributed by atoms with Crippen LogP contribution in [0.5, 0.6) is 0 Å². The van der Waals surface area contributed by atoms with Crippen LogP contribution in [0.2, 0.25) is 0 Å². The largest absolute Gasteiger partial charge is 0.456 e. The molecule has 1 saturated heterocycles. The van der Waals surface area contributed by atoms with Crippen molar-refractivity contribution in [1.29, 1.82) is 0 Å². The van der Waals surface area contributed by atoms with Gasteiger partial charge in [0.25, 0.3) is 5.91 Å². The highest BCUT2D eigenvalue weighted by Gasteiger charge is 2.52. The van der Waals surface area contributed by atoms with E-state index in [4.69, 9.17) is 19.3 Å². The van der Waals surface area contributed by atoms with E-state index in [1.807, 2.05) is 0 Å². The summed E-state index contributed by atoms with van der Waals surface area (Å²) in [6, 6.07) is 12.7. The molecule has 2 aliphatic rings. The van der Waals surface area contributed by atoms with Crippen molar-refractivity contribution in [3.05, 3.63) is 88.5 Å². The number of amides is 2. The van der Waals surface area contributed by atoms with Crippen molar-refractivity contribution >= 4 is 29.8 Å². The van der Waals surface area contributed by atoms with Gasteiger partial charge in [-0.15, -0.1) is 0 Å². The Bertz CT molecular complexity index is 1650. The van der Waals surface area contributed by atoms with Gasteiger partial charge in [-0.3, -0.25) is 9.59 Å². The fourth-order valence-electron chi connectivity index (χ4n) is 6.33. The number of hydrogen-bond donors (Lipinski definition) is 3. The summed E-state index contributed by atoms with van der Waals surface area (Å²) in [4.78, 5) is 51.4. The number of unbranched alkanes of at least 4 members (excludes halogenated alkanes) is 4. The highest BCUT2D eigenvalue weighted by Crippen LogP contribution is 2.43. The van der Waals surface area contributed by atoms with E-state index >= 15 is 0 Å². The third-order valence-electron chi connectivity index (χ3n) is 9.00. The number of aliphatic hydroxyl groups is 1. The number of aliphatic hydroxyl groups excluding tert-OH is 1. The monoisotopic (exact) mass is 758 g/mol. The van der Waals surface area contributed by atoms with Gasteiger partial charge in [-0.25, -0.2) is 9.59 Å². The first-order valence-corrected chi connectivity index (χ1v) is 18.4. The van der Waals surface area contributed by atoms with Crippen LogP contribution in [0.4, 0.5) is 13.2 Å². The molecule has 0 aromatic heterocycles. The molecule has 2 aromatic carbocycles. The van der Waals surface area contributed by atoms with E-state index in [9.17, 15) is 32.3 Å². The lowest BCUT2D eigenvalue weighted by Crippen LogP contribution is -2.43. The van der Waals surface area contributed by atoms with Crippen molar-refractivity contribution in [3.8, 4) is 0 Å². The molecule has 0 spiro atoms. The van der Waals surface area contributed by atoms with E-state index in [1.54, 1.807) is 36.4 Å². The normalized spacial score (nSPS) is 19.1. The number of fused-ring (bicyclic) bond motifs is 1. The molecule has 54 heavy (non-hydrogen) atoms. The first kappa shape index (κ1) is 42.2. The SMILES string of the molecule is CCCCCC1(CCCCC)OC2C=C(C(=O)NCc3cccc(C(=O)NCCO)c3)CC(OC(=O)c3cccc(C=CC(=O)OCC(F)(F)F)c3)C2O1. The third-order valence-corrected chi connectivity index (χ3v) is 9.00. The molecule has 2 aromatic rings. The Kier molecular flexibility index (Phi) is 15.8. The van der Waals surface area contributed by atoms with Crippen LogP contribution in [-0.4, -0.2) is 78.9 Å². The minimum Gasteiger partial charge on any atom is -0.456 e. The maximum atomic E-state index is 13.6. The molecule has 3 N–H and O–H groups in total. The Morgan fingerprint density at radius 3 is 2.31 bits per heavy atom. The third kappa shape index (κ3) is 12.8. The van der Waals surface area contributed by atoms with E-state index in [2.05, 4.69) is 29.2 Å². The molecule has 3 unspecified atom stereocenters. The van der Waals surface area contributed by atoms with Gasteiger partial charge >= 0.3 is 18.1 Å². The highest BCUT2D eigenvalue weighted by atomic mass is 19.4. The van der Waals surface area contributed by atoms with Gasteiger partial charge in [0.1, 0.15) is 18.3 Å². The van der Waals surface area contributed by atoms with E-state index in [-0.39, 0.29) is 37.6 Å². The number of carbonyl (C=O) groups excluding carboxylic acids is 4. The van der Waals surface area contributed by atoms with Gasteiger partial charge in [0.05, 0.1) is 12.2 Å². The summed E-state index contributed by atoms with van der Waals surface area (Å²) >= 11 is 0. The molecule has 1 fully saturated rings. The molecule has 3 atom stereocenters. The number of alkyl halides is 3. The number of halogens is 3. The molecule has 1 aliphatic carbocycles. The molecule has 294 valence electrons. The quantitative estimate of drug-likeness (QED) is 0.0848. The van der Waals surface area contributed by atoms with Crippen molar-refractivity contribution in [2.24, 2.45) is 0 Å². The smallest absolute Gasteiger partial charge is 0.422 e. The van der Waals surface area contributed by atoms with Crippen LogP contribution in [-0.2, 0) is 35.1 Å². The molecule has 0 saturated carbocycles. The van der Waals surface area contributed by atoms with Crippen LogP contribution in [0.3, 0.4) is 0 Å².